The molecular weight excluding hydrogens is 299 g/mol. The Morgan fingerprint density at radius 1 is 1.44 bits per heavy atom. The molecule has 3 nitrogen and oxygen atoms in total. The third-order valence-electron chi connectivity index (χ3n) is 2.84. The van der Waals surface area contributed by atoms with Gasteiger partial charge in [-0.3, -0.25) is 4.68 Å². The van der Waals surface area contributed by atoms with Crippen LogP contribution < -0.4 is 0 Å². The predicted octanol–water partition coefficient (Wildman–Crippen LogP) is 2.97. The molecule has 0 saturated carbocycles. The van der Waals surface area contributed by atoms with Crippen molar-refractivity contribution in [3.63, 3.8) is 0 Å². The highest BCUT2D eigenvalue weighted by atomic mass is 79.9. The molecule has 1 unspecified atom stereocenters. The molecule has 2 aromatic rings. The van der Waals surface area contributed by atoms with Crippen molar-refractivity contribution in [2.45, 2.75) is 19.4 Å². The lowest BCUT2D eigenvalue weighted by atomic mass is 10.0. The van der Waals surface area contributed by atoms with Crippen LogP contribution in [0, 0.1) is 5.82 Å². The Kier molecular flexibility index (Phi) is 3.82. The van der Waals surface area contributed by atoms with Gasteiger partial charge in [-0.25, -0.2) is 4.39 Å². The molecular formula is C13H14BrFN2O. The van der Waals surface area contributed by atoms with Gasteiger partial charge in [-0.2, -0.15) is 5.10 Å². The minimum absolute atomic E-state index is 0.257. The molecule has 0 saturated heterocycles. The summed E-state index contributed by atoms with van der Waals surface area (Å²) in [5.74, 6) is -0.434. The smallest absolute Gasteiger partial charge is 0.143 e. The molecule has 0 aliphatic carbocycles. The highest BCUT2D eigenvalue weighted by Crippen LogP contribution is 2.29. The lowest BCUT2D eigenvalue weighted by molar-refractivity contribution is 0.213. The maximum absolute atomic E-state index is 13.9. The first-order chi connectivity index (χ1) is 8.54. The van der Waals surface area contributed by atoms with Crippen LogP contribution in [0.25, 0.3) is 0 Å². The fourth-order valence-electron chi connectivity index (χ4n) is 1.96. The minimum Gasteiger partial charge on any atom is -0.383 e. The van der Waals surface area contributed by atoms with Crippen LogP contribution in [-0.4, -0.2) is 14.9 Å². The van der Waals surface area contributed by atoms with Crippen LogP contribution in [0.4, 0.5) is 4.39 Å². The monoisotopic (exact) mass is 312 g/mol. The molecule has 0 fully saturated rings. The number of aryl methyl sites for hydroxylation is 2. The normalized spacial score (nSPS) is 12.7. The lowest BCUT2D eigenvalue weighted by Crippen LogP contribution is -2.04. The van der Waals surface area contributed by atoms with Crippen LogP contribution in [0.5, 0.6) is 0 Å². The van der Waals surface area contributed by atoms with Crippen LogP contribution in [0.15, 0.2) is 28.9 Å². The van der Waals surface area contributed by atoms with Gasteiger partial charge in [0.1, 0.15) is 11.9 Å². The largest absolute Gasteiger partial charge is 0.383 e. The quantitative estimate of drug-likeness (QED) is 0.946. The molecule has 0 aliphatic rings. The number of halogens is 2. The summed E-state index contributed by atoms with van der Waals surface area (Å²) < 4.78 is 15.9. The van der Waals surface area contributed by atoms with Crippen LogP contribution in [0.1, 0.15) is 29.8 Å². The van der Waals surface area contributed by atoms with E-state index < -0.39 is 11.9 Å². The zero-order chi connectivity index (χ0) is 13.3. The van der Waals surface area contributed by atoms with Crippen molar-refractivity contribution < 1.29 is 9.50 Å². The van der Waals surface area contributed by atoms with Gasteiger partial charge in [0, 0.05) is 24.4 Å². The van der Waals surface area contributed by atoms with Gasteiger partial charge in [-0.15, -0.1) is 0 Å². The maximum atomic E-state index is 13.9. The molecule has 0 bridgehead atoms. The molecule has 1 atom stereocenters. The summed E-state index contributed by atoms with van der Waals surface area (Å²) in [5, 5.41) is 14.6. The maximum Gasteiger partial charge on any atom is 0.143 e. The Labute approximate surface area is 113 Å². The first kappa shape index (κ1) is 13.2. The number of aromatic nitrogens is 2. The number of aliphatic hydroxyl groups is 1. The first-order valence-corrected chi connectivity index (χ1v) is 6.48. The Balaban J connectivity index is 2.47. The molecule has 0 radical (unpaired) electrons. The Hall–Kier alpha value is -1.20. The summed E-state index contributed by atoms with van der Waals surface area (Å²) in [6.45, 7) is 1.95. The van der Waals surface area contributed by atoms with Gasteiger partial charge in [-0.1, -0.05) is 19.1 Å². The van der Waals surface area contributed by atoms with Crippen molar-refractivity contribution in [1.82, 2.24) is 9.78 Å². The van der Waals surface area contributed by atoms with E-state index in [0.717, 1.165) is 5.69 Å². The number of hydrogen-bond acceptors (Lipinski definition) is 2. The average molecular weight is 313 g/mol. The predicted molar refractivity (Wildman–Crippen MR) is 70.7 cm³/mol. The SMILES string of the molecule is CCc1nn(C)cc1C(O)c1cccc(Br)c1F. The third-order valence-corrected chi connectivity index (χ3v) is 3.46. The molecule has 0 amide bonds. The van der Waals surface area contributed by atoms with E-state index >= 15 is 0 Å². The number of rotatable bonds is 3. The van der Waals surface area contributed by atoms with Crippen molar-refractivity contribution in [2.75, 3.05) is 0 Å². The van der Waals surface area contributed by atoms with Gasteiger partial charge in [0.15, 0.2) is 0 Å². The van der Waals surface area contributed by atoms with Gasteiger partial charge >= 0.3 is 0 Å². The first-order valence-electron chi connectivity index (χ1n) is 5.69. The average Bonchev–Trinajstić information content (AvgIpc) is 2.73. The van der Waals surface area contributed by atoms with Crippen LogP contribution in [0.3, 0.4) is 0 Å². The minimum atomic E-state index is -0.994. The Morgan fingerprint density at radius 2 is 2.17 bits per heavy atom. The summed E-state index contributed by atoms with van der Waals surface area (Å²) in [6, 6.07) is 4.89. The fraction of sp³-hybridized carbons (Fsp3) is 0.308. The molecule has 1 N–H and O–H groups in total. The fourth-order valence-corrected chi connectivity index (χ4v) is 2.34. The van der Waals surface area contributed by atoms with Crippen molar-refractivity contribution >= 4 is 15.9 Å². The summed E-state index contributed by atoms with van der Waals surface area (Å²) in [4.78, 5) is 0. The van der Waals surface area contributed by atoms with E-state index in [9.17, 15) is 9.50 Å². The van der Waals surface area contributed by atoms with Crippen molar-refractivity contribution in [1.29, 1.82) is 0 Å². The highest BCUT2D eigenvalue weighted by molar-refractivity contribution is 9.10. The second-order valence-electron chi connectivity index (χ2n) is 4.10. The van der Waals surface area contributed by atoms with E-state index in [1.807, 2.05) is 6.92 Å². The standard InChI is InChI=1S/C13H14BrFN2O/c1-3-11-9(7-17(2)16-11)13(18)8-5-4-6-10(14)12(8)15/h4-7,13,18H,3H2,1-2H3. The Bertz CT molecular complexity index is 568. The van der Waals surface area contributed by atoms with Crippen LogP contribution in [-0.2, 0) is 13.5 Å². The molecule has 96 valence electrons. The topological polar surface area (TPSA) is 38.0 Å². The van der Waals surface area contributed by atoms with E-state index in [0.29, 0.717) is 16.5 Å². The highest BCUT2D eigenvalue weighted by Gasteiger charge is 2.21. The van der Waals surface area contributed by atoms with Gasteiger partial charge < -0.3 is 5.11 Å². The summed E-state index contributed by atoms with van der Waals surface area (Å²) in [5.41, 5.74) is 1.69. The third kappa shape index (κ3) is 2.33. The van der Waals surface area contributed by atoms with Crippen LogP contribution >= 0.6 is 15.9 Å². The van der Waals surface area contributed by atoms with E-state index in [2.05, 4.69) is 21.0 Å². The van der Waals surface area contributed by atoms with Gasteiger partial charge in [0.05, 0.1) is 10.2 Å². The van der Waals surface area contributed by atoms with E-state index in [1.165, 1.54) is 0 Å². The molecule has 2 rings (SSSR count). The summed E-state index contributed by atoms with van der Waals surface area (Å²) in [6.07, 6.45) is 1.43. The molecule has 1 heterocycles. The van der Waals surface area contributed by atoms with Crippen molar-refractivity contribution in [3.05, 3.63) is 51.5 Å². The number of benzene rings is 1. The number of hydrogen-bond donors (Lipinski definition) is 1. The molecule has 0 spiro atoms. The molecule has 1 aromatic carbocycles. The molecule has 5 heteroatoms. The van der Waals surface area contributed by atoms with E-state index in [-0.39, 0.29) is 5.56 Å². The zero-order valence-electron chi connectivity index (χ0n) is 10.2. The zero-order valence-corrected chi connectivity index (χ0v) is 11.8. The van der Waals surface area contributed by atoms with Gasteiger partial charge in [0.25, 0.3) is 0 Å². The Morgan fingerprint density at radius 3 is 2.83 bits per heavy atom. The lowest BCUT2D eigenvalue weighted by Gasteiger charge is -2.12. The molecule has 1 aromatic heterocycles. The van der Waals surface area contributed by atoms with E-state index in [1.54, 1.807) is 36.1 Å². The van der Waals surface area contributed by atoms with Crippen molar-refractivity contribution in [3.8, 4) is 0 Å². The van der Waals surface area contributed by atoms with Gasteiger partial charge in [-0.05, 0) is 28.4 Å². The van der Waals surface area contributed by atoms with Crippen LogP contribution in [0.2, 0.25) is 0 Å². The van der Waals surface area contributed by atoms with E-state index in [4.69, 9.17) is 0 Å². The van der Waals surface area contributed by atoms with Crippen molar-refractivity contribution in [2.24, 2.45) is 7.05 Å². The molecule has 0 aliphatic heterocycles. The number of aliphatic hydroxyl groups excluding tert-OH is 1. The van der Waals surface area contributed by atoms with Gasteiger partial charge in [0.2, 0.25) is 0 Å². The second kappa shape index (κ2) is 5.20. The number of nitrogens with zero attached hydrogens (tertiary/aromatic N) is 2. The summed E-state index contributed by atoms with van der Waals surface area (Å²) in [7, 11) is 1.78. The second-order valence-corrected chi connectivity index (χ2v) is 4.96. The molecule has 18 heavy (non-hydrogen) atoms. The summed E-state index contributed by atoms with van der Waals surface area (Å²) >= 11 is 3.12.